The van der Waals surface area contributed by atoms with E-state index in [1.54, 1.807) is 0 Å². The van der Waals surface area contributed by atoms with Crippen molar-refractivity contribution in [3.05, 3.63) is 22.9 Å². The molecule has 2 bridgehead atoms. The van der Waals surface area contributed by atoms with Gasteiger partial charge in [0.25, 0.3) is 0 Å². The van der Waals surface area contributed by atoms with Crippen molar-refractivity contribution in [3.8, 4) is 0 Å². The van der Waals surface area contributed by atoms with E-state index in [0.717, 1.165) is 35.5 Å². The molecule has 4 heterocycles. The first kappa shape index (κ1) is 13.0. The number of anilines is 1. The second-order valence-electron chi connectivity index (χ2n) is 6.23. The zero-order valence-electron chi connectivity index (χ0n) is 11.5. The number of hydrogen-bond donors (Lipinski definition) is 1. The Morgan fingerprint density at radius 1 is 1.15 bits per heavy atom. The molecule has 3 aliphatic rings. The summed E-state index contributed by atoms with van der Waals surface area (Å²) >= 11 is 3.48. The second-order valence-corrected chi connectivity index (χ2v) is 7.14. The van der Waals surface area contributed by atoms with Gasteiger partial charge in [0.1, 0.15) is 0 Å². The second kappa shape index (κ2) is 5.28. The molecule has 20 heavy (non-hydrogen) atoms. The molecule has 4 rings (SSSR count). The molecule has 3 saturated heterocycles. The summed E-state index contributed by atoms with van der Waals surface area (Å²) in [5.74, 6) is 0. The van der Waals surface area contributed by atoms with Crippen molar-refractivity contribution >= 4 is 21.6 Å². The first-order chi connectivity index (χ1) is 9.79. The van der Waals surface area contributed by atoms with E-state index < -0.39 is 0 Å². The highest BCUT2D eigenvalue weighted by atomic mass is 79.9. The minimum atomic E-state index is 0.584. The zero-order chi connectivity index (χ0) is 13.5. The number of nitrogens with one attached hydrogen (secondary N) is 1. The van der Waals surface area contributed by atoms with E-state index in [1.807, 2.05) is 12.4 Å². The maximum Gasteiger partial charge on any atom is 0.0645 e. The number of ether oxygens (including phenoxy) is 1. The van der Waals surface area contributed by atoms with Crippen LogP contribution in [0.2, 0.25) is 0 Å². The van der Waals surface area contributed by atoms with Crippen LogP contribution in [0.1, 0.15) is 25.7 Å². The molecule has 3 aliphatic heterocycles. The van der Waals surface area contributed by atoms with Gasteiger partial charge in [-0.1, -0.05) is 0 Å². The predicted molar refractivity (Wildman–Crippen MR) is 81.8 cm³/mol. The van der Waals surface area contributed by atoms with Crippen molar-refractivity contribution in [3.63, 3.8) is 0 Å². The summed E-state index contributed by atoms with van der Waals surface area (Å²) in [6.45, 7) is 1.89. The molecule has 0 radical (unpaired) electrons. The molecule has 5 heteroatoms. The number of fused-ring (bicyclic) bond motifs is 2. The fourth-order valence-electron chi connectivity index (χ4n) is 4.05. The van der Waals surface area contributed by atoms with Crippen molar-refractivity contribution < 1.29 is 4.74 Å². The summed E-state index contributed by atoms with van der Waals surface area (Å²) in [5.41, 5.74) is 1.13. The van der Waals surface area contributed by atoms with Crippen LogP contribution in [0.25, 0.3) is 0 Å². The topological polar surface area (TPSA) is 37.4 Å². The van der Waals surface area contributed by atoms with Crippen LogP contribution in [0.4, 0.5) is 5.69 Å². The van der Waals surface area contributed by atoms with E-state index in [-0.39, 0.29) is 0 Å². The van der Waals surface area contributed by atoms with E-state index in [1.165, 1.54) is 25.7 Å². The average molecular weight is 338 g/mol. The van der Waals surface area contributed by atoms with Gasteiger partial charge >= 0.3 is 0 Å². The zero-order valence-corrected chi connectivity index (χ0v) is 13.1. The van der Waals surface area contributed by atoms with Gasteiger partial charge < -0.3 is 10.1 Å². The standard InChI is InChI=1S/C15H20BrN3O/c16-10-3-12(7-17-6-10)18-11-4-13-1-2-14(5-11)19(13)15-8-20-9-15/h3,6-7,11,13-15,18H,1-2,4-5,8-9H2/t11?,13-,14+. The third-order valence-corrected chi connectivity index (χ3v) is 5.34. The molecule has 108 valence electrons. The largest absolute Gasteiger partial charge is 0.381 e. The molecular formula is C15H20BrN3O. The van der Waals surface area contributed by atoms with Gasteiger partial charge in [0.15, 0.2) is 0 Å². The van der Waals surface area contributed by atoms with Crippen LogP contribution in [-0.2, 0) is 4.74 Å². The first-order valence-corrected chi connectivity index (χ1v) is 8.31. The van der Waals surface area contributed by atoms with E-state index in [2.05, 4.69) is 37.2 Å². The molecule has 1 unspecified atom stereocenters. The monoisotopic (exact) mass is 337 g/mol. The summed E-state index contributed by atoms with van der Waals surface area (Å²) in [5, 5.41) is 3.67. The third-order valence-electron chi connectivity index (χ3n) is 4.91. The van der Waals surface area contributed by atoms with Crippen molar-refractivity contribution in [2.75, 3.05) is 18.5 Å². The van der Waals surface area contributed by atoms with Crippen LogP contribution in [-0.4, -0.2) is 47.3 Å². The maximum absolute atomic E-state index is 5.38. The van der Waals surface area contributed by atoms with Crippen LogP contribution < -0.4 is 5.32 Å². The van der Waals surface area contributed by atoms with E-state index >= 15 is 0 Å². The first-order valence-electron chi connectivity index (χ1n) is 7.52. The number of rotatable bonds is 3. The fourth-order valence-corrected chi connectivity index (χ4v) is 4.41. The van der Waals surface area contributed by atoms with Gasteiger partial charge in [-0.15, -0.1) is 0 Å². The van der Waals surface area contributed by atoms with Crippen molar-refractivity contribution in [1.29, 1.82) is 0 Å². The van der Waals surface area contributed by atoms with Crippen LogP contribution in [0.5, 0.6) is 0 Å². The Morgan fingerprint density at radius 3 is 2.50 bits per heavy atom. The molecule has 1 aromatic rings. The predicted octanol–water partition coefficient (Wildman–Crippen LogP) is 2.65. The lowest BCUT2D eigenvalue weighted by atomic mass is 9.94. The number of nitrogens with zero attached hydrogens (tertiary/aromatic N) is 2. The quantitative estimate of drug-likeness (QED) is 0.920. The molecule has 3 fully saturated rings. The molecule has 1 N–H and O–H groups in total. The Balaban J connectivity index is 1.43. The van der Waals surface area contributed by atoms with Gasteiger partial charge in [-0.2, -0.15) is 0 Å². The summed E-state index contributed by atoms with van der Waals surface area (Å²) in [6.07, 6.45) is 8.96. The SMILES string of the molecule is Brc1cncc(NC2C[C@H]3CC[C@@H](C2)N3C2COC2)c1. The van der Waals surface area contributed by atoms with Crippen LogP contribution in [0, 0.1) is 0 Å². The lowest BCUT2D eigenvalue weighted by Crippen LogP contribution is -2.58. The van der Waals surface area contributed by atoms with Crippen molar-refractivity contribution in [2.24, 2.45) is 0 Å². The fraction of sp³-hybridized carbons (Fsp3) is 0.667. The molecule has 0 spiro atoms. The Morgan fingerprint density at radius 2 is 1.90 bits per heavy atom. The Labute approximate surface area is 128 Å². The summed E-state index contributed by atoms with van der Waals surface area (Å²) in [6, 6.07) is 4.89. The van der Waals surface area contributed by atoms with Crippen LogP contribution in [0.15, 0.2) is 22.9 Å². The normalized spacial score (nSPS) is 34.0. The molecule has 0 aliphatic carbocycles. The van der Waals surface area contributed by atoms with E-state index in [4.69, 9.17) is 4.74 Å². The van der Waals surface area contributed by atoms with Gasteiger partial charge in [-0.25, -0.2) is 0 Å². The van der Waals surface area contributed by atoms with Crippen LogP contribution in [0.3, 0.4) is 0 Å². The maximum atomic E-state index is 5.38. The molecule has 4 nitrogen and oxygen atoms in total. The molecule has 3 atom stereocenters. The highest BCUT2D eigenvalue weighted by Gasteiger charge is 2.45. The molecule has 0 aromatic carbocycles. The molecular weight excluding hydrogens is 318 g/mol. The number of pyridine rings is 1. The van der Waals surface area contributed by atoms with Crippen molar-refractivity contribution in [1.82, 2.24) is 9.88 Å². The number of halogens is 1. The Kier molecular flexibility index (Phi) is 3.44. The summed E-state index contributed by atoms with van der Waals surface area (Å²) in [4.78, 5) is 6.98. The number of aromatic nitrogens is 1. The van der Waals surface area contributed by atoms with Crippen LogP contribution >= 0.6 is 15.9 Å². The van der Waals surface area contributed by atoms with Gasteiger partial charge in [-0.3, -0.25) is 9.88 Å². The minimum Gasteiger partial charge on any atom is -0.381 e. The summed E-state index contributed by atoms with van der Waals surface area (Å²) in [7, 11) is 0. The minimum absolute atomic E-state index is 0.584. The van der Waals surface area contributed by atoms with E-state index in [0.29, 0.717) is 12.1 Å². The smallest absolute Gasteiger partial charge is 0.0645 e. The highest BCUT2D eigenvalue weighted by molar-refractivity contribution is 9.10. The third kappa shape index (κ3) is 2.36. The van der Waals surface area contributed by atoms with Gasteiger partial charge in [0, 0.05) is 28.8 Å². The summed E-state index contributed by atoms with van der Waals surface area (Å²) < 4.78 is 6.41. The van der Waals surface area contributed by atoms with Crippen molar-refractivity contribution in [2.45, 2.75) is 49.9 Å². The Hall–Kier alpha value is -0.650. The Bertz CT molecular complexity index is 480. The van der Waals surface area contributed by atoms with E-state index in [9.17, 15) is 0 Å². The van der Waals surface area contributed by atoms with Gasteiger partial charge in [-0.05, 0) is 47.7 Å². The molecule has 1 aromatic heterocycles. The lowest BCUT2D eigenvalue weighted by Gasteiger charge is -2.46. The number of hydrogen-bond acceptors (Lipinski definition) is 4. The average Bonchev–Trinajstić information content (AvgIpc) is 2.61. The highest BCUT2D eigenvalue weighted by Crippen LogP contribution is 2.39. The van der Waals surface area contributed by atoms with Gasteiger partial charge in [0.2, 0.25) is 0 Å². The molecule has 0 saturated carbocycles. The van der Waals surface area contributed by atoms with Gasteiger partial charge in [0.05, 0.1) is 31.1 Å². The lowest BCUT2D eigenvalue weighted by molar-refractivity contribution is -0.0917. The molecule has 0 amide bonds. The number of piperidine rings is 1.